The van der Waals surface area contributed by atoms with Gasteiger partial charge in [0.25, 0.3) is 0 Å². The van der Waals surface area contributed by atoms with Crippen LogP contribution in [-0.4, -0.2) is 37.1 Å². The van der Waals surface area contributed by atoms with Gasteiger partial charge in [-0.15, -0.1) is 0 Å². The molecule has 19 heavy (non-hydrogen) atoms. The molecule has 0 aromatic heterocycles. The molecule has 0 aromatic carbocycles. The van der Waals surface area contributed by atoms with Crippen molar-refractivity contribution in [2.45, 2.75) is 70.4 Å². The molecule has 2 heteroatoms. The van der Waals surface area contributed by atoms with Crippen LogP contribution in [0.4, 0.5) is 0 Å². The highest BCUT2D eigenvalue weighted by molar-refractivity contribution is 4.93. The summed E-state index contributed by atoms with van der Waals surface area (Å²) >= 11 is 0. The van der Waals surface area contributed by atoms with Gasteiger partial charge in [0, 0.05) is 18.6 Å². The lowest BCUT2D eigenvalue weighted by atomic mass is 9.88. The van der Waals surface area contributed by atoms with E-state index in [0.717, 1.165) is 29.8 Å². The second-order valence-electron chi connectivity index (χ2n) is 7.49. The van der Waals surface area contributed by atoms with Crippen molar-refractivity contribution in [2.75, 3.05) is 20.1 Å². The molecule has 2 nitrogen and oxygen atoms in total. The zero-order chi connectivity index (χ0) is 13.2. The highest BCUT2D eigenvalue weighted by Crippen LogP contribution is 2.48. The van der Waals surface area contributed by atoms with Crippen LogP contribution in [-0.2, 0) is 0 Å². The number of rotatable bonds is 6. The smallest absolute Gasteiger partial charge is 0.0108 e. The van der Waals surface area contributed by atoms with Crippen LogP contribution in [0.25, 0.3) is 0 Å². The highest BCUT2D eigenvalue weighted by Gasteiger charge is 2.40. The van der Waals surface area contributed by atoms with Gasteiger partial charge in [-0.05, 0) is 76.3 Å². The molecule has 0 heterocycles. The zero-order valence-corrected chi connectivity index (χ0v) is 12.9. The normalized spacial score (nSPS) is 41.5. The van der Waals surface area contributed by atoms with Gasteiger partial charge < -0.3 is 10.2 Å². The van der Waals surface area contributed by atoms with Crippen molar-refractivity contribution >= 4 is 0 Å². The lowest BCUT2D eigenvalue weighted by molar-refractivity contribution is 0.172. The van der Waals surface area contributed by atoms with Crippen molar-refractivity contribution in [2.24, 2.45) is 17.8 Å². The molecule has 0 amide bonds. The van der Waals surface area contributed by atoms with Gasteiger partial charge >= 0.3 is 0 Å². The number of hydrogen-bond acceptors (Lipinski definition) is 2. The molecule has 0 saturated heterocycles. The Kier molecular flexibility index (Phi) is 4.48. The Morgan fingerprint density at radius 3 is 2.63 bits per heavy atom. The van der Waals surface area contributed by atoms with Crippen LogP contribution in [0.3, 0.4) is 0 Å². The van der Waals surface area contributed by atoms with E-state index in [9.17, 15) is 0 Å². The molecular weight excluding hydrogens is 232 g/mol. The van der Waals surface area contributed by atoms with E-state index in [0.29, 0.717) is 0 Å². The van der Waals surface area contributed by atoms with E-state index in [1.54, 1.807) is 12.8 Å². The largest absolute Gasteiger partial charge is 0.314 e. The molecule has 0 radical (unpaired) electrons. The third-order valence-electron chi connectivity index (χ3n) is 6.12. The van der Waals surface area contributed by atoms with E-state index < -0.39 is 0 Å². The molecule has 3 rings (SSSR count). The zero-order valence-electron chi connectivity index (χ0n) is 12.9. The number of nitrogens with one attached hydrogen (secondary N) is 1. The maximum Gasteiger partial charge on any atom is 0.0108 e. The average molecular weight is 264 g/mol. The molecule has 5 atom stereocenters. The van der Waals surface area contributed by atoms with Gasteiger partial charge in [0.05, 0.1) is 0 Å². The van der Waals surface area contributed by atoms with Gasteiger partial charge in [-0.1, -0.05) is 13.3 Å². The Bertz CT molecular complexity index is 291. The second-order valence-corrected chi connectivity index (χ2v) is 7.49. The van der Waals surface area contributed by atoms with Crippen molar-refractivity contribution in [1.82, 2.24) is 10.2 Å². The quantitative estimate of drug-likeness (QED) is 0.792. The van der Waals surface area contributed by atoms with Gasteiger partial charge in [-0.3, -0.25) is 0 Å². The van der Waals surface area contributed by atoms with Crippen LogP contribution in [0.5, 0.6) is 0 Å². The predicted octanol–water partition coefficient (Wildman–Crippen LogP) is 3.28. The van der Waals surface area contributed by atoms with E-state index in [1.165, 1.54) is 51.6 Å². The monoisotopic (exact) mass is 264 g/mol. The van der Waals surface area contributed by atoms with Crippen LogP contribution in [0, 0.1) is 17.8 Å². The molecule has 3 saturated carbocycles. The molecule has 2 bridgehead atoms. The molecule has 3 aliphatic rings. The van der Waals surface area contributed by atoms with Crippen LogP contribution >= 0.6 is 0 Å². The van der Waals surface area contributed by atoms with E-state index in [1.807, 2.05) is 0 Å². The highest BCUT2D eigenvalue weighted by atomic mass is 15.1. The van der Waals surface area contributed by atoms with Crippen molar-refractivity contribution in [1.29, 1.82) is 0 Å². The Labute approximate surface area is 119 Å². The fourth-order valence-electron chi connectivity index (χ4n) is 5.01. The summed E-state index contributed by atoms with van der Waals surface area (Å²) in [6.07, 6.45) is 11.6. The Morgan fingerprint density at radius 1 is 1.05 bits per heavy atom. The molecule has 0 aromatic rings. The minimum atomic E-state index is 0.799. The molecule has 5 unspecified atom stereocenters. The molecule has 3 fully saturated rings. The summed E-state index contributed by atoms with van der Waals surface area (Å²) in [6.45, 7) is 4.85. The number of hydrogen-bond donors (Lipinski definition) is 1. The average Bonchev–Trinajstić information content (AvgIpc) is 3.12. The first-order valence-electron chi connectivity index (χ1n) is 8.70. The molecular formula is C17H32N2. The van der Waals surface area contributed by atoms with E-state index >= 15 is 0 Å². The van der Waals surface area contributed by atoms with E-state index in [-0.39, 0.29) is 0 Å². The topological polar surface area (TPSA) is 15.3 Å². The van der Waals surface area contributed by atoms with Gasteiger partial charge in [0.15, 0.2) is 0 Å². The maximum atomic E-state index is 3.71. The predicted molar refractivity (Wildman–Crippen MR) is 81.3 cm³/mol. The minimum Gasteiger partial charge on any atom is -0.314 e. The van der Waals surface area contributed by atoms with Crippen LogP contribution < -0.4 is 5.32 Å². The first kappa shape index (κ1) is 13.9. The lowest BCUT2D eigenvalue weighted by Crippen LogP contribution is -2.37. The van der Waals surface area contributed by atoms with E-state index in [2.05, 4.69) is 24.2 Å². The number of nitrogens with zero attached hydrogens (tertiary/aromatic N) is 1. The first-order chi connectivity index (χ1) is 9.26. The summed E-state index contributed by atoms with van der Waals surface area (Å²) in [6, 6.07) is 1.65. The molecule has 0 spiro atoms. The fourth-order valence-corrected chi connectivity index (χ4v) is 5.01. The fraction of sp³-hybridized carbons (Fsp3) is 1.00. The maximum absolute atomic E-state index is 3.71. The minimum absolute atomic E-state index is 0.799. The van der Waals surface area contributed by atoms with Crippen molar-refractivity contribution in [3.8, 4) is 0 Å². The number of fused-ring (bicyclic) bond motifs is 2. The Hall–Kier alpha value is -0.0800. The van der Waals surface area contributed by atoms with Gasteiger partial charge in [0.2, 0.25) is 0 Å². The molecule has 110 valence electrons. The van der Waals surface area contributed by atoms with Gasteiger partial charge in [-0.2, -0.15) is 0 Å². The Morgan fingerprint density at radius 2 is 1.95 bits per heavy atom. The third kappa shape index (κ3) is 3.16. The first-order valence-corrected chi connectivity index (χ1v) is 8.70. The Balaban J connectivity index is 1.42. The van der Waals surface area contributed by atoms with Crippen LogP contribution in [0.15, 0.2) is 0 Å². The van der Waals surface area contributed by atoms with Crippen molar-refractivity contribution < 1.29 is 0 Å². The summed E-state index contributed by atoms with van der Waals surface area (Å²) in [4.78, 5) is 2.71. The van der Waals surface area contributed by atoms with Gasteiger partial charge in [0.1, 0.15) is 0 Å². The van der Waals surface area contributed by atoms with Crippen LogP contribution in [0.2, 0.25) is 0 Å². The van der Waals surface area contributed by atoms with Crippen molar-refractivity contribution in [3.05, 3.63) is 0 Å². The third-order valence-corrected chi connectivity index (χ3v) is 6.12. The second kappa shape index (κ2) is 6.13. The summed E-state index contributed by atoms with van der Waals surface area (Å²) in [7, 11) is 2.39. The lowest BCUT2D eigenvalue weighted by Gasteiger charge is -2.31. The summed E-state index contributed by atoms with van der Waals surface area (Å²) in [5.74, 6) is 3.22. The SMILES string of the molecule is CCCNC1CCC(N(C)CC2CC3CCC2C3)C1. The van der Waals surface area contributed by atoms with E-state index in [4.69, 9.17) is 0 Å². The summed E-state index contributed by atoms with van der Waals surface area (Å²) in [5.41, 5.74) is 0. The molecule has 3 aliphatic carbocycles. The van der Waals surface area contributed by atoms with Crippen molar-refractivity contribution in [3.63, 3.8) is 0 Å². The summed E-state index contributed by atoms with van der Waals surface area (Å²) in [5, 5.41) is 3.71. The molecule has 1 N–H and O–H groups in total. The standard InChI is InChI=1S/C17H32N2/c1-3-8-18-16-6-7-17(11-16)19(2)12-15-10-13-4-5-14(15)9-13/h13-18H,3-12H2,1-2H3. The van der Waals surface area contributed by atoms with Crippen LogP contribution in [0.1, 0.15) is 58.3 Å². The molecule has 0 aliphatic heterocycles. The summed E-state index contributed by atoms with van der Waals surface area (Å²) < 4.78 is 0. The van der Waals surface area contributed by atoms with Gasteiger partial charge in [-0.25, -0.2) is 0 Å².